The number of carbonyl (C=O) groups is 2. The number of piperidine rings is 1. The van der Waals surface area contributed by atoms with Crippen LogP contribution in [0.1, 0.15) is 49.9 Å². The molecule has 6 nitrogen and oxygen atoms in total. The summed E-state index contributed by atoms with van der Waals surface area (Å²) in [5, 5.41) is 5.79. The van der Waals surface area contributed by atoms with E-state index in [4.69, 9.17) is 4.74 Å². The second-order valence-corrected chi connectivity index (χ2v) is 7.17. The highest BCUT2D eigenvalue weighted by Gasteiger charge is 2.19. The van der Waals surface area contributed by atoms with Crippen molar-refractivity contribution in [1.82, 2.24) is 5.32 Å². The Hall–Kier alpha value is -2.08. The highest BCUT2D eigenvalue weighted by Crippen LogP contribution is 2.27. The van der Waals surface area contributed by atoms with Crippen molar-refractivity contribution >= 4 is 23.2 Å². The fourth-order valence-corrected chi connectivity index (χ4v) is 3.15. The summed E-state index contributed by atoms with van der Waals surface area (Å²) in [5.74, 6) is 0.124. The first-order chi connectivity index (χ1) is 12.5. The summed E-state index contributed by atoms with van der Waals surface area (Å²) in [6, 6.07) is 5.61. The van der Waals surface area contributed by atoms with Gasteiger partial charge in [-0.25, -0.2) is 0 Å². The van der Waals surface area contributed by atoms with E-state index >= 15 is 0 Å². The van der Waals surface area contributed by atoms with E-state index in [2.05, 4.69) is 15.5 Å². The second-order valence-electron chi connectivity index (χ2n) is 7.17. The molecule has 1 saturated heterocycles. The highest BCUT2D eigenvalue weighted by atomic mass is 16.5. The summed E-state index contributed by atoms with van der Waals surface area (Å²) in [4.78, 5) is 27.0. The van der Waals surface area contributed by atoms with Gasteiger partial charge in [0.05, 0.1) is 12.2 Å². The molecule has 0 saturated carbocycles. The summed E-state index contributed by atoms with van der Waals surface area (Å²) in [7, 11) is 1.61. The number of methoxy groups -OCH3 is 1. The van der Waals surface area contributed by atoms with Crippen LogP contribution < -0.4 is 15.5 Å². The highest BCUT2D eigenvalue weighted by molar-refractivity contribution is 6.02. The Balaban J connectivity index is 2.20. The third kappa shape index (κ3) is 6.02. The Bertz CT molecular complexity index is 610. The molecule has 2 rings (SSSR count). The van der Waals surface area contributed by atoms with E-state index in [-0.39, 0.29) is 11.8 Å². The minimum absolute atomic E-state index is 0.0311. The first kappa shape index (κ1) is 20.2. The minimum Gasteiger partial charge on any atom is -0.383 e. The number of hydrogen-bond donors (Lipinski definition) is 2. The number of nitrogens with one attached hydrogen (secondary N) is 2. The van der Waals surface area contributed by atoms with Gasteiger partial charge < -0.3 is 20.3 Å². The van der Waals surface area contributed by atoms with Crippen LogP contribution >= 0.6 is 0 Å². The zero-order valence-electron chi connectivity index (χ0n) is 16.1. The van der Waals surface area contributed by atoms with Crippen molar-refractivity contribution in [1.29, 1.82) is 0 Å². The van der Waals surface area contributed by atoms with E-state index in [9.17, 15) is 9.59 Å². The Labute approximate surface area is 156 Å². The quantitative estimate of drug-likeness (QED) is 0.698. The van der Waals surface area contributed by atoms with Gasteiger partial charge in [0.1, 0.15) is 0 Å². The van der Waals surface area contributed by atoms with Gasteiger partial charge in [-0.2, -0.15) is 0 Å². The first-order valence-corrected chi connectivity index (χ1v) is 9.47. The molecule has 1 heterocycles. The zero-order valence-corrected chi connectivity index (χ0v) is 16.1. The van der Waals surface area contributed by atoms with Gasteiger partial charge in [0.15, 0.2) is 0 Å². The molecule has 1 fully saturated rings. The molecule has 1 aromatic carbocycles. The van der Waals surface area contributed by atoms with Crippen LogP contribution in [0.25, 0.3) is 0 Å². The Morgan fingerprint density at radius 2 is 1.92 bits per heavy atom. The zero-order chi connectivity index (χ0) is 18.9. The van der Waals surface area contributed by atoms with Crippen molar-refractivity contribution in [2.45, 2.75) is 39.5 Å². The predicted octanol–water partition coefficient (Wildman–Crippen LogP) is 3.04. The molecule has 2 amide bonds. The number of hydrogen-bond acceptors (Lipinski definition) is 4. The molecule has 0 atom stereocenters. The molecule has 0 unspecified atom stereocenters. The fourth-order valence-electron chi connectivity index (χ4n) is 3.15. The maximum Gasteiger partial charge on any atom is 0.253 e. The molecule has 6 heteroatoms. The second kappa shape index (κ2) is 10.2. The molecule has 2 N–H and O–H groups in total. The molecule has 0 aromatic heterocycles. The van der Waals surface area contributed by atoms with Gasteiger partial charge >= 0.3 is 0 Å². The lowest BCUT2D eigenvalue weighted by Gasteiger charge is -2.30. The Kier molecular flexibility index (Phi) is 7.91. The Morgan fingerprint density at radius 3 is 2.58 bits per heavy atom. The monoisotopic (exact) mass is 361 g/mol. The number of anilines is 2. The lowest BCUT2D eigenvalue weighted by Crippen LogP contribution is -2.33. The van der Waals surface area contributed by atoms with E-state index in [1.54, 1.807) is 13.2 Å². The lowest BCUT2D eigenvalue weighted by molar-refractivity contribution is -0.116. The SMILES string of the molecule is COCCNC(=O)c1cc(NC(=O)CC(C)C)ccc1N1CCCCC1. The van der Waals surface area contributed by atoms with Crippen LogP contribution in [0.15, 0.2) is 18.2 Å². The van der Waals surface area contributed by atoms with Crippen molar-refractivity contribution in [2.24, 2.45) is 5.92 Å². The van der Waals surface area contributed by atoms with Gasteiger partial charge in [-0.3, -0.25) is 9.59 Å². The van der Waals surface area contributed by atoms with E-state index in [0.29, 0.717) is 36.7 Å². The first-order valence-electron chi connectivity index (χ1n) is 9.47. The van der Waals surface area contributed by atoms with Gasteiger partial charge in [0, 0.05) is 44.5 Å². The number of carbonyl (C=O) groups excluding carboxylic acids is 2. The summed E-state index contributed by atoms with van der Waals surface area (Å²) in [6.07, 6.45) is 3.97. The molecule has 0 aliphatic carbocycles. The average molecular weight is 361 g/mol. The normalized spacial score (nSPS) is 14.4. The van der Waals surface area contributed by atoms with Gasteiger partial charge in [-0.05, 0) is 43.4 Å². The Morgan fingerprint density at radius 1 is 1.19 bits per heavy atom. The van der Waals surface area contributed by atoms with Gasteiger partial charge in [0.25, 0.3) is 5.91 Å². The summed E-state index contributed by atoms with van der Waals surface area (Å²) in [5.41, 5.74) is 2.19. The van der Waals surface area contributed by atoms with Gasteiger partial charge in [-0.15, -0.1) is 0 Å². The average Bonchev–Trinajstić information content (AvgIpc) is 2.61. The van der Waals surface area contributed by atoms with Crippen LogP contribution in [-0.2, 0) is 9.53 Å². The standard InChI is InChI=1S/C20H31N3O3/c1-15(2)13-19(24)22-16-7-8-18(23-10-5-4-6-11-23)17(14-16)20(25)21-9-12-26-3/h7-8,14-15H,4-6,9-13H2,1-3H3,(H,21,25)(H,22,24). The molecule has 1 aromatic rings. The van der Waals surface area contributed by atoms with Crippen LogP contribution in [0.2, 0.25) is 0 Å². The van der Waals surface area contributed by atoms with Crippen molar-refractivity contribution in [3.05, 3.63) is 23.8 Å². The largest absolute Gasteiger partial charge is 0.383 e. The minimum atomic E-state index is -0.136. The number of nitrogens with zero attached hydrogens (tertiary/aromatic N) is 1. The van der Waals surface area contributed by atoms with Crippen molar-refractivity contribution < 1.29 is 14.3 Å². The predicted molar refractivity (Wildman–Crippen MR) is 105 cm³/mol. The van der Waals surface area contributed by atoms with Crippen LogP contribution in [0.3, 0.4) is 0 Å². The molecule has 26 heavy (non-hydrogen) atoms. The molecule has 0 bridgehead atoms. The smallest absolute Gasteiger partial charge is 0.253 e. The molecule has 0 radical (unpaired) electrons. The van der Waals surface area contributed by atoms with Gasteiger partial charge in [0.2, 0.25) is 5.91 Å². The van der Waals surface area contributed by atoms with E-state index in [1.165, 1.54) is 6.42 Å². The maximum atomic E-state index is 12.7. The van der Waals surface area contributed by atoms with E-state index in [1.807, 2.05) is 26.0 Å². The van der Waals surface area contributed by atoms with Crippen molar-refractivity contribution in [2.75, 3.05) is 43.6 Å². The van der Waals surface area contributed by atoms with Crippen LogP contribution in [-0.4, -0.2) is 45.2 Å². The number of amides is 2. The van der Waals surface area contributed by atoms with Crippen LogP contribution in [0.4, 0.5) is 11.4 Å². The van der Waals surface area contributed by atoms with Gasteiger partial charge in [-0.1, -0.05) is 13.8 Å². The van der Waals surface area contributed by atoms with E-state index < -0.39 is 0 Å². The van der Waals surface area contributed by atoms with Crippen molar-refractivity contribution in [3.8, 4) is 0 Å². The third-order valence-corrected chi connectivity index (χ3v) is 4.41. The van der Waals surface area contributed by atoms with Crippen LogP contribution in [0.5, 0.6) is 0 Å². The van der Waals surface area contributed by atoms with E-state index in [0.717, 1.165) is 31.6 Å². The molecular formula is C20H31N3O3. The fraction of sp³-hybridized carbons (Fsp3) is 0.600. The summed E-state index contributed by atoms with van der Waals surface area (Å²) < 4.78 is 5.01. The number of benzene rings is 1. The summed E-state index contributed by atoms with van der Waals surface area (Å²) >= 11 is 0. The van der Waals surface area contributed by atoms with Crippen molar-refractivity contribution in [3.63, 3.8) is 0 Å². The number of rotatable bonds is 8. The summed E-state index contributed by atoms with van der Waals surface area (Å²) in [6.45, 7) is 6.85. The maximum absolute atomic E-state index is 12.7. The molecule has 144 valence electrons. The topological polar surface area (TPSA) is 70.7 Å². The number of ether oxygens (including phenoxy) is 1. The third-order valence-electron chi connectivity index (χ3n) is 4.41. The lowest BCUT2D eigenvalue weighted by atomic mass is 10.1. The molecule has 1 aliphatic rings. The molecule has 0 spiro atoms. The molecule has 1 aliphatic heterocycles. The molecular weight excluding hydrogens is 330 g/mol. The van der Waals surface area contributed by atoms with Crippen LogP contribution in [0, 0.1) is 5.92 Å².